The Hall–Kier alpha value is -1.85. The first-order chi connectivity index (χ1) is 11.6. The molecule has 0 saturated heterocycles. The molecule has 0 aromatic heterocycles. The second-order valence-corrected chi connectivity index (χ2v) is 8.41. The van der Waals surface area contributed by atoms with Crippen molar-refractivity contribution in [2.45, 2.75) is 52.5 Å². The summed E-state index contributed by atoms with van der Waals surface area (Å²) in [5.74, 6) is 0.689. The third kappa shape index (κ3) is 4.05. The largest absolute Gasteiger partial charge is 0.496 e. The minimum Gasteiger partial charge on any atom is -0.496 e. The average molecular weight is 362 g/mol. The summed E-state index contributed by atoms with van der Waals surface area (Å²) in [6.07, 6.45) is 0. The highest BCUT2D eigenvalue weighted by molar-refractivity contribution is 7.89. The predicted molar refractivity (Wildman–Crippen MR) is 102 cm³/mol. The van der Waals surface area contributed by atoms with Gasteiger partial charge < -0.3 is 4.74 Å². The molecular formula is C20H27NO3S. The van der Waals surface area contributed by atoms with Gasteiger partial charge in [-0.25, -0.2) is 13.1 Å². The van der Waals surface area contributed by atoms with Crippen LogP contribution in [0.4, 0.5) is 0 Å². The van der Waals surface area contributed by atoms with Crippen molar-refractivity contribution in [3.05, 3.63) is 57.6 Å². The lowest BCUT2D eigenvalue weighted by molar-refractivity contribution is 0.411. The van der Waals surface area contributed by atoms with Crippen molar-refractivity contribution in [3.63, 3.8) is 0 Å². The van der Waals surface area contributed by atoms with Gasteiger partial charge in [-0.05, 0) is 87.1 Å². The molecule has 1 N–H and O–H groups in total. The number of hydrogen-bond donors (Lipinski definition) is 1. The van der Waals surface area contributed by atoms with Crippen molar-refractivity contribution in [2.75, 3.05) is 7.11 Å². The van der Waals surface area contributed by atoms with Gasteiger partial charge in [0.25, 0.3) is 0 Å². The molecule has 0 aliphatic carbocycles. The number of rotatable bonds is 5. The molecule has 0 aliphatic rings. The van der Waals surface area contributed by atoms with Crippen LogP contribution in [0.15, 0.2) is 29.2 Å². The molecule has 0 saturated carbocycles. The fourth-order valence-electron chi connectivity index (χ4n) is 3.08. The molecule has 4 nitrogen and oxygen atoms in total. The van der Waals surface area contributed by atoms with Crippen LogP contribution >= 0.6 is 0 Å². The minimum atomic E-state index is -3.63. The van der Waals surface area contributed by atoms with Crippen molar-refractivity contribution in [3.8, 4) is 5.75 Å². The Morgan fingerprint density at radius 1 is 0.840 bits per heavy atom. The van der Waals surface area contributed by atoms with Crippen molar-refractivity contribution in [1.29, 1.82) is 0 Å². The molecule has 0 spiro atoms. The maximum absolute atomic E-state index is 12.9. The number of benzene rings is 2. The molecule has 2 aromatic rings. The standard InChI is InChI=1S/C20H27NO3S/c1-12-8-14(3)18(9-13(12)2)17(6)21-25(22,23)20-11-15(4)19(24-7)10-16(20)5/h8-11,17,21H,1-7H3/t17-/m0/s1. The normalized spacial score (nSPS) is 12.9. The summed E-state index contributed by atoms with van der Waals surface area (Å²) in [6, 6.07) is 7.26. The van der Waals surface area contributed by atoms with Crippen molar-refractivity contribution in [1.82, 2.24) is 4.72 Å². The number of ether oxygens (including phenoxy) is 1. The molecule has 0 heterocycles. The SMILES string of the molecule is COc1cc(C)c(S(=O)(=O)N[C@@H](C)c2cc(C)c(C)cc2C)cc1C. The molecule has 0 bridgehead atoms. The molecule has 0 aliphatic heterocycles. The first kappa shape index (κ1) is 19.5. The van der Waals surface area contributed by atoms with Crippen molar-refractivity contribution in [2.24, 2.45) is 0 Å². The van der Waals surface area contributed by atoms with Crippen LogP contribution < -0.4 is 9.46 Å². The number of methoxy groups -OCH3 is 1. The monoisotopic (exact) mass is 361 g/mol. The zero-order valence-corrected chi connectivity index (χ0v) is 16.8. The Bertz CT molecular complexity index is 902. The fraction of sp³-hybridized carbons (Fsp3) is 0.400. The molecule has 5 heteroatoms. The minimum absolute atomic E-state index is 0.291. The number of hydrogen-bond acceptors (Lipinski definition) is 3. The highest BCUT2D eigenvalue weighted by Gasteiger charge is 2.22. The van der Waals surface area contributed by atoms with E-state index in [-0.39, 0.29) is 6.04 Å². The van der Waals surface area contributed by atoms with E-state index in [1.54, 1.807) is 26.2 Å². The van der Waals surface area contributed by atoms with Crippen LogP contribution in [0, 0.1) is 34.6 Å². The van der Waals surface area contributed by atoms with E-state index in [2.05, 4.69) is 23.8 Å². The second-order valence-electron chi connectivity index (χ2n) is 6.72. The zero-order valence-electron chi connectivity index (χ0n) is 16.0. The Morgan fingerprint density at radius 2 is 1.44 bits per heavy atom. The summed E-state index contributed by atoms with van der Waals surface area (Å²) >= 11 is 0. The number of nitrogens with one attached hydrogen (secondary N) is 1. The van der Waals surface area contributed by atoms with Gasteiger partial charge in [0.05, 0.1) is 12.0 Å². The molecule has 0 radical (unpaired) electrons. The fourth-order valence-corrected chi connectivity index (χ4v) is 4.62. The summed E-state index contributed by atoms with van der Waals surface area (Å²) < 4.78 is 33.9. The van der Waals surface area contributed by atoms with E-state index in [0.717, 1.165) is 22.3 Å². The van der Waals surface area contributed by atoms with Gasteiger partial charge in [-0.3, -0.25) is 0 Å². The topological polar surface area (TPSA) is 55.4 Å². The third-order valence-corrected chi connectivity index (χ3v) is 6.35. The van der Waals surface area contributed by atoms with Gasteiger partial charge in [0.15, 0.2) is 0 Å². The van der Waals surface area contributed by atoms with E-state index in [9.17, 15) is 8.42 Å². The first-order valence-corrected chi connectivity index (χ1v) is 9.80. The molecule has 25 heavy (non-hydrogen) atoms. The zero-order chi connectivity index (χ0) is 18.9. The average Bonchev–Trinajstić information content (AvgIpc) is 2.51. The van der Waals surface area contributed by atoms with E-state index in [0.29, 0.717) is 16.2 Å². The second kappa shape index (κ2) is 7.18. The Kier molecular flexibility index (Phi) is 5.59. The van der Waals surface area contributed by atoms with Gasteiger partial charge in [-0.2, -0.15) is 0 Å². The molecule has 1 atom stereocenters. The highest BCUT2D eigenvalue weighted by Crippen LogP contribution is 2.28. The molecule has 0 amide bonds. The Labute approximate surface area is 151 Å². The highest BCUT2D eigenvalue weighted by atomic mass is 32.2. The smallest absolute Gasteiger partial charge is 0.241 e. The van der Waals surface area contributed by atoms with Crippen LogP contribution in [0.2, 0.25) is 0 Å². The molecular weight excluding hydrogens is 334 g/mol. The van der Waals surface area contributed by atoms with Gasteiger partial charge >= 0.3 is 0 Å². The molecule has 0 unspecified atom stereocenters. The molecule has 2 aromatic carbocycles. The quantitative estimate of drug-likeness (QED) is 0.865. The maximum Gasteiger partial charge on any atom is 0.241 e. The van der Waals surface area contributed by atoms with E-state index in [4.69, 9.17) is 4.74 Å². The van der Waals surface area contributed by atoms with Crippen LogP contribution in [0.5, 0.6) is 5.75 Å². The van der Waals surface area contributed by atoms with Gasteiger partial charge in [0, 0.05) is 6.04 Å². The summed E-state index contributed by atoms with van der Waals surface area (Å²) in [7, 11) is -2.05. The van der Waals surface area contributed by atoms with Crippen molar-refractivity contribution < 1.29 is 13.2 Å². The molecule has 2 rings (SSSR count). The summed E-state index contributed by atoms with van der Waals surface area (Å²) in [4.78, 5) is 0.291. The lowest BCUT2D eigenvalue weighted by Gasteiger charge is -2.20. The lowest BCUT2D eigenvalue weighted by Crippen LogP contribution is -2.28. The molecule has 136 valence electrons. The van der Waals surface area contributed by atoms with Gasteiger partial charge in [0.2, 0.25) is 10.0 Å². The Balaban J connectivity index is 2.39. The number of sulfonamides is 1. The van der Waals surface area contributed by atoms with Gasteiger partial charge in [-0.1, -0.05) is 12.1 Å². The van der Waals surface area contributed by atoms with Gasteiger partial charge in [0.1, 0.15) is 5.75 Å². The van der Waals surface area contributed by atoms with Crippen LogP contribution in [0.25, 0.3) is 0 Å². The van der Waals surface area contributed by atoms with Crippen LogP contribution in [-0.4, -0.2) is 15.5 Å². The van der Waals surface area contributed by atoms with E-state index >= 15 is 0 Å². The van der Waals surface area contributed by atoms with E-state index < -0.39 is 10.0 Å². The molecule has 0 fully saturated rings. The summed E-state index contributed by atoms with van der Waals surface area (Å²) in [6.45, 7) is 11.6. The number of aryl methyl sites for hydroxylation is 5. The predicted octanol–water partition coefficient (Wildman–Crippen LogP) is 4.28. The van der Waals surface area contributed by atoms with Crippen molar-refractivity contribution >= 4 is 10.0 Å². The van der Waals surface area contributed by atoms with Crippen LogP contribution in [0.1, 0.15) is 46.3 Å². The van der Waals surface area contributed by atoms with E-state index in [1.165, 1.54) is 5.56 Å². The Morgan fingerprint density at radius 3 is 2.04 bits per heavy atom. The van der Waals surface area contributed by atoms with Crippen LogP contribution in [0.3, 0.4) is 0 Å². The van der Waals surface area contributed by atoms with E-state index in [1.807, 2.05) is 27.7 Å². The van der Waals surface area contributed by atoms with Gasteiger partial charge in [-0.15, -0.1) is 0 Å². The summed E-state index contributed by atoms with van der Waals surface area (Å²) in [5, 5.41) is 0. The van der Waals surface area contributed by atoms with Crippen LogP contribution in [-0.2, 0) is 10.0 Å². The third-order valence-electron chi connectivity index (χ3n) is 4.66. The maximum atomic E-state index is 12.9. The first-order valence-electron chi connectivity index (χ1n) is 8.32. The summed E-state index contributed by atoms with van der Waals surface area (Å²) in [5.41, 5.74) is 5.90. The lowest BCUT2D eigenvalue weighted by atomic mass is 9.97.